The minimum Gasteiger partial charge on any atom is -0.382 e. The van der Waals surface area contributed by atoms with Crippen molar-refractivity contribution in [3.8, 4) is 0 Å². The van der Waals surface area contributed by atoms with Crippen LogP contribution in [0.15, 0.2) is 6.20 Å². The minimum atomic E-state index is 0.993. The van der Waals surface area contributed by atoms with Crippen LogP contribution in [0.1, 0.15) is 26.0 Å². The molecule has 15 heavy (non-hydrogen) atoms. The molecule has 0 bridgehead atoms. The quantitative estimate of drug-likeness (QED) is 0.726. The van der Waals surface area contributed by atoms with Gasteiger partial charge in [-0.3, -0.25) is 4.68 Å². The van der Waals surface area contributed by atoms with Crippen LogP contribution in [0.3, 0.4) is 0 Å². The van der Waals surface area contributed by atoms with Crippen LogP contribution < -0.4 is 5.32 Å². The fourth-order valence-corrected chi connectivity index (χ4v) is 2.12. The molecule has 0 aliphatic heterocycles. The first-order chi connectivity index (χ1) is 7.27. The standard InChI is InChI=1S/C11H21N3S/c1-4-10-11(9-14(3)13-10)12-7-6-8-15-5-2/h9,12H,4-8H2,1-3H3. The Hall–Kier alpha value is -0.640. The van der Waals surface area contributed by atoms with Gasteiger partial charge in [-0.1, -0.05) is 13.8 Å². The number of nitrogens with zero attached hydrogens (tertiary/aromatic N) is 2. The van der Waals surface area contributed by atoms with Gasteiger partial charge >= 0.3 is 0 Å². The van der Waals surface area contributed by atoms with Gasteiger partial charge in [-0.25, -0.2) is 0 Å². The predicted octanol–water partition coefficient (Wildman–Crippen LogP) is 2.54. The molecule has 1 rings (SSSR count). The fourth-order valence-electron chi connectivity index (χ4n) is 1.48. The summed E-state index contributed by atoms with van der Waals surface area (Å²) in [5, 5.41) is 7.84. The number of nitrogens with one attached hydrogen (secondary N) is 1. The largest absolute Gasteiger partial charge is 0.382 e. The Morgan fingerprint density at radius 3 is 2.93 bits per heavy atom. The van der Waals surface area contributed by atoms with Crippen molar-refractivity contribution in [1.82, 2.24) is 9.78 Å². The number of hydrogen-bond donors (Lipinski definition) is 1. The molecular weight excluding hydrogens is 206 g/mol. The van der Waals surface area contributed by atoms with Crippen molar-refractivity contribution in [2.45, 2.75) is 26.7 Å². The molecule has 86 valence electrons. The molecule has 0 unspecified atom stereocenters. The van der Waals surface area contributed by atoms with Crippen molar-refractivity contribution < 1.29 is 0 Å². The number of anilines is 1. The van der Waals surface area contributed by atoms with Crippen molar-refractivity contribution in [3.05, 3.63) is 11.9 Å². The summed E-state index contributed by atoms with van der Waals surface area (Å²) < 4.78 is 1.88. The zero-order chi connectivity index (χ0) is 11.1. The lowest BCUT2D eigenvalue weighted by Gasteiger charge is -2.04. The van der Waals surface area contributed by atoms with E-state index in [0.29, 0.717) is 0 Å². The molecule has 0 atom stereocenters. The van der Waals surface area contributed by atoms with Crippen LogP contribution in [0, 0.1) is 0 Å². The number of hydrogen-bond acceptors (Lipinski definition) is 3. The third-order valence-corrected chi connectivity index (χ3v) is 3.21. The highest BCUT2D eigenvalue weighted by Crippen LogP contribution is 2.13. The summed E-state index contributed by atoms with van der Waals surface area (Å²) in [5.41, 5.74) is 2.36. The van der Waals surface area contributed by atoms with E-state index in [0.717, 1.165) is 13.0 Å². The zero-order valence-electron chi connectivity index (χ0n) is 9.92. The van der Waals surface area contributed by atoms with E-state index in [1.54, 1.807) is 0 Å². The van der Waals surface area contributed by atoms with Crippen LogP contribution in [0.4, 0.5) is 5.69 Å². The molecule has 3 nitrogen and oxygen atoms in total. The Labute approximate surface area is 96.6 Å². The van der Waals surface area contributed by atoms with Gasteiger partial charge in [0.2, 0.25) is 0 Å². The predicted molar refractivity (Wildman–Crippen MR) is 68.7 cm³/mol. The number of rotatable bonds is 7. The molecule has 1 heterocycles. The monoisotopic (exact) mass is 227 g/mol. The summed E-state index contributed by atoms with van der Waals surface area (Å²) in [6.07, 6.45) is 4.27. The van der Waals surface area contributed by atoms with Crippen molar-refractivity contribution in [2.24, 2.45) is 7.05 Å². The van der Waals surface area contributed by atoms with E-state index in [1.807, 2.05) is 23.5 Å². The molecule has 0 aliphatic carbocycles. The molecule has 0 saturated carbocycles. The van der Waals surface area contributed by atoms with Gasteiger partial charge in [0.1, 0.15) is 0 Å². The second kappa shape index (κ2) is 6.77. The average molecular weight is 227 g/mol. The van der Waals surface area contributed by atoms with Crippen LogP contribution in [-0.4, -0.2) is 27.8 Å². The Kier molecular flexibility index (Phi) is 5.61. The molecule has 0 fully saturated rings. The second-order valence-electron chi connectivity index (χ2n) is 3.49. The Bertz CT molecular complexity index is 283. The molecule has 1 aromatic heterocycles. The number of thioether (sulfide) groups is 1. The van der Waals surface area contributed by atoms with Gasteiger partial charge in [0.15, 0.2) is 0 Å². The lowest BCUT2D eigenvalue weighted by Crippen LogP contribution is -2.03. The molecule has 0 amide bonds. The Morgan fingerprint density at radius 1 is 1.47 bits per heavy atom. The molecule has 4 heteroatoms. The molecule has 0 aromatic carbocycles. The van der Waals surface area contributed by atoms with Gasteiger partial charge in [-0.2, -0.15) is 16.9 Å². The first-order valence-electron chi connectivity index (χ1n) is 5.62. The van der Waals surface area contributed by atoms with Crippen LogP contribution in [0.2, 0.25) is 0 Å². The van der Waals surface area contributed by atoms with E-state index < -0.39 is 0 Å². The third-order valence-electron chi connectivity index (χ3n) is 2.23. The summed E-state index contributed by atoms with van der Waals surface area (Å²) in [7, 11) is 1.97. The van der Waals surface area contributed by atoms with E-state index in [9.17, 15) is 0 Å². The summed E-state index contributed by atoms with van der Waals surface area (Å²) in [6, 6.07) is 0. The SMILES string of the molecule is CCSCCCNc1cn(C)nc1CC. The third kappa shape index (κ3) is 4.16. The molecule has 0 aliphatic rings. The van der Waals surface area contributed by atoms with Gasteiger partial charge in [-0.15, -0.1) is 0 Å². The van der Waals surface area contributed by atoms with Crippen LogP contribution in [-0.2, 0) is 13.5 Å². The lowest BCUT2D eigenvalue weighted by molar-refractivity contribution is 0.746. The van der Waals surface area contributed by atoms with Crippen LogP contribution in [0.5, 0.6) is 0 Å². The van der Waals surface area contributed by atoms with Crippen molar-refractivity contribution in [2.75, 3.05) is 23.4 Å². The zero-order valence-corrected chi connectivity index (χ0v) is 10.7. The molecule has 0 saturated heterocycles. The van der Waals surface area contributed by atoms with Gasteiger partial charge in [0, 0.05) is 19.8 Å². The first kappa shape index (κ1) is 12.4. The lowest BCUT2D eigenvalue weighted by atomic mass is 10.3. The van der Waals surface area contributed by atoms with Gasteiger partial charge in [0.25, 0.3) is 0 Å². The second-order valence-corrected chi connectivity index (χ2v) is 4.89. The molecule has 1 aromatic rings. The summed E-state index contributed by atoms with van der Waals surface area (Å²) in [6.45, 7) is 5.39. The maximum absolute atomic E-state index is 4.39. The topological polar surface area (TPSA) is 29.9 Å². The maximum atomic E-state index is 4.39. The van der Waals surface area contributed by atoms with E-state index >= 15 is 0 Å². The maximum Gasteiger partial charge on any atom is 0.0853 e. The summed E-state index contributed by atoms with van der Waals surface area (Å²) in [4.78, 5) is 0. The first-order valence-corrected chi connectivity index (χ1v) is 6.77. The summed E-state index contributed by atoms with van der Waals surface area (Å²) in [5.74, 6) is 2.46. The molecular formula is C11H21N3S. The normalized spacial score (nSPS) is 10.6. The van der Waals surface area contributed by atoms with E-state index in [-0.39, 0.29) is 0 Å². The van der Waals surface area contributed by atoms with Gasteiger partial charge in [-0.05, 0) is 24.3 Å². The molecule has 0 spiro atoms. The highest BCUT2D eigenvalue weighted by molar-refractivity contribution is 7.99. The fraction of sp³-hybridized carbons (Fsp3) is 0.727. The smallest absolute Gasteiger partial charge is 0.0853 e. The Balaban J connectivity index is 2.30. The van der Waals surface area contributed by atoms with Gasteiger partial charge < -0.3 is 5.32 Å². The van der Waals surface area contributed by atoms with Crippen molar-refractivity contribution >= 4 is 17.4 Å². The van der Waals surface area contributed by atoms with Crippen molar-refractivity contribution in [1.29, 1.82) is 0 Å². The average Bonchev–Trinajstić information content (AvgIpc) is 2.59. The van der Waals surface area contributed by atoms with Crippen LogP contribution in [0.25, 0.3) is 0 Å². The number of aryl methyl sites for hydroxylation is 2. The molecule has 0 radical (unpaired) electrons. The van der Waals surface area contributed by atoms with E-state index in [1.165, 1.54) is 29.3 Å². The summed E-state index contributed by atoms with van der Waals surface area (Å²) >= 11 is 2.00. The highest BCUT2D eigenvalue weighted by atomic mass is 32.2. The van der Waals surface area contributed by atoms with E-state index in [4.69, 9.17) is 0 Å². The van der Waals surface area contributed by atoms with Crippen LogP contribution >= 0.6 is 11.8 Å². The van der Waals surface area contributed by atoms with Crippen molar-refractivity contribution in [3.63, 3.8) is 0 Å². The van der Waals surface area contributed by atoms with E-state index in [2.05, 4.69) is 30.5 Å². The minimum absolute atomic E-state index is 0.993. The number of aromatic nitrogens is 2. The highest BCUT2D eigenvalue weighted by Gasteiger charge is 2.03. The van der Waals surface area contributed by atoms with Gasteiger partial charge in [0.05, 0.1) is 11.4 Å². The molecule has 1 N–H and O–H groups in total. The Morgan fingerprint density at radius 2 is 2.27 bits per heavy atom.